The molecule has 1 heterocycles. The van der Waals surface area contributed by atoms with Crippen molar-refractivity contribution in [3.05, 3.63) is 51.5 Å². The van der Waals surface area contributed by atoms with Crippen molar-refractivity contribution in [1.82, 2.24) is 4.57 Å². The van der Waals surface area contributed by atoms with Crippen LogP contribution in [0, 0.1) is 5.82 Å². The second kappa shape index (κ2) is 5.22. The quantitative estimate of drug-likeness (QED) is 0.854. The molecule has 1 saturated carbocycles. The lowest BCUT2D eigenvalue weighted by Gasteiger charge is -2.09. The van der Waals surface area contributed by atoms with Gasteiger partial charge in [0.15, 0.2) is 0 Å². The number of carbonyl (C=O) groups is 1. The lowest BCUT2D eigenvalue weighted by atomic mass is 10.3. The Morgan fingerprint density at radius 3 is 2.80 bits per heavy atom. The zero-order chi connectivity index (χ0) is 14.3. The highest BCUT2D eigenvalue weighted by molar-refractivity contribution is 9.10. The summed E-state index contributed by atoms with van der Waals surface area (Å²) in [4.78, 5) is 12.3. The van der Waals surface area contributed by atoms with Crippen LogP contribution < -0.4 is 5.32 Å². The van der Waals surface area contributed by atoms with Crippen LogP contribution in [-0.4, -0.2) is 10.5 Å². The highest BCUT2D eigenvalue weighted by Gasteiger charge is 2.27. The molecule has 0 spiro atoms. The Morgan fingerprint density at radius 1 is 1.40 bits per heavy atom. The van der Waals surface area contributed by atoms with E-state index in [1.165, 1.54) is 18.2 Å². The summed E-state index contributed by atoms with van der Waals surface area (Å²) in [5, 5.41) is 3.29. The van der Waals surface area contributed by atoms with Crippen LogP contribution in [0.2, 0.25) is 5.02 Å². The standard InChI is InChI=1S/C14H11BrClFN2O/c15-11-6-9(1-4-12(11)17)18-14(20)13-5-8(16)7-19(13)10-2-3-10/h1,4-7,10H,2-3H2,(H,18,20). The van der Waals surface area contributed by atoms with Crippen LogP contribution in [-0.2, 0) is 0 Å². The maximum atomic E-state index is 13.2. The molecule has 3 rings (SSSR count). The van der Waals surface area contributed by atoms with E-state index in [4.69, 9.17) is 11.6 Å². The van der Waals surface area contributed by atoms with E-state index < -0.39 is 0 Å². The molecule has 1 aromatic carbocycles. The van der Waals surface area contributed by atoms with E-state index in [1.807, 2.05) is 4.57 Å². The van der Waals surface area contributed by atoms with E-state index in [1.54, 1.807) is 12.3 Å². The molecular formula is C14H11BrClFN2O. The number of rotatable bonds is 3. The molecule has 1 aromatic heterocycles. The second-order valence-electron chi connectivity index (χ2n) is 4.77. The lowest BCUT2D eigenvalue weighted by molar-refractivity contribution is 0.101. The SMILES string of the molecule is O=C(Nc1ccc(F)c(Br)c1)c1cc(Cl)cn1C1CC1. The summed E-state index contributed by atoms with van der Waals surface area (Å²) in [6.45, 7) is 0. The van der Waals surface area contributed by atoms with Crippen LogP contribution >= 0.6 is 27.5 Å². The second-order valence-corrected chi connectivity index (χ2v) is 6.06. The number of carbonyl (C=O) groups excluding carboxylic acids is 1. The first-order valence-corrected chi connectivity index (χ1v) is 7.35. The Bertz CT molecular complexity index is 682. The first-order valence-electron chi connectivity index (χ1n) is 6.18. The number of amides is 1. The van der Waals surface area contributed by atoms with Gasteiger partial charge in [0.25, 0.3) is 5.91 Å². The molecule has 0 unspecified atom stereocenters. The van der Waals surface area contributed by atoms with Gasteiger partial charge in [0.2, 0.25) is 0 Å². The van der Waals surface area contributed by atoms with E-state index >= 15 is 0 Å². The van der Waals surface area contributed by atoms with Gasteiger partial charge in [0.05, 0.1) is 9.50 Å². The summed E-state index contributed by atoms with van der Waals surface area (Å²) in [5.74, 6) is -0.616. The van der Waals surface area contributed by atoms with Crippen molar-refractivity contribution in [2.24, 2.45) is 0 Å². The maximum Gasteiger partial charge on any atom is 0.272 e. The number of benzene rings is 1. The van der Waals surface area contributed by atoms with E-state index in [9.17, 15) is 9.18 Å². The normalized spacial score (nSPS) is 14.3. The number of nitrogens with zero attached hydrogens (tertiary/aromatic N) is 1. The molecule has 0 radical (unpaired) electrons. The highest BCUT2D eigenvalue weighted by atomic mass is 79.9. The van der Waals surface area contributed by atoms with Crippen LogP contribution in [0.4, 0.5) is 10.1 Å². The van der Waals surface area contributed by atoms with Gasteiger partial charge in [-0.15, -0.1) is 0 Å². The summed E-state index contributed by atoms with van der Waals surface area (Å²) in [6, 6.07) is 6.35. The molecule has 2 aromatic rings. The first kappa shape index (κ1) is 13.6. The Hall–Kier alpha value is -1.33. The molecule has 1 fully saturated rings. The first-order chi connectivity index (χ1) is 9.54. The predicted octanol–water partition coefficient (Wildman–Crippen LogP) is 4.63. The fourth-order valence-electron chi connectivity index (χ4n) is 2.05. The number of anilines is 1. The molecule has 1 N–H and O–H groups in total. The van der Waals surface area contributed by atoms with Gasteiger partial charge >= 0.3 is 0 Å². The average Bonchev–Trinajstić information content (AvgIpc) is 3.17. The number of aromatic nitrogens is 1. The Labute approximate surface area is 128 Å². The van der Waals surface area contributed by atoms with E-state index in [2.05, 4.69) is 21.2 Å². The zero-order valence-corrected chi connectivity index (χ0v) is 12.7. The van der Waals surface area contributed by atoms with E-state index in [-0.39, 0.29) is 11.7 Å². The minimum absolute atomic E-state index is 0.248. The summed E-state index contributed by atoms with van der Waals surface area (Å²) in [6.07, 6.45) is 3.90. The van der Waals surface area contributed by atoms with Gasteiger partial charge in [-0.2, -0.15) is 0 Å². The van der Waals surface area contributed by atoms with Crippen LogP contribution in [0.5, 0.6) is 0 Å². The van der Waals surface area contributed by atoms with Gasteiger partial charge in [-0.25, -0.2) is 4.39 Å². The zero-order valence-electron chi connectivity index (χ0n) is 10.4. The van der Waals surface area contributed by atoms with Crippen molar-refractivity contribution in [3.8, 4) is 0 Å². The van der Waals surface area contributed by atoms with Gasteiger partial charge in [-0.1, -0.05) is 11.6 Å². The van der Waals surface area contributed by atoms with Crippen molar-refractivity contribution >= 4 is 39.1 Å². The molecule has 0 aliphatic heterocycles. The van der Waals surface area contributed by atoms with Crippen molar-refractivity contribution in [1.29, 1.82) is 0 Å². The van der Waals surface area contributed by atoms with Crippen molar-refractivity contribution in [3.63, 3.8) is 0 Å². The minimum Gasteiger partial charge on any atom is -0.339 e. The molecule has 0 bridgehead atoms. The highest BCUT2D eigenvalue weighted by Crippen LogP contribution is 2.37. The van der Waals surface area contributed by atoms with Crippen molar-refractivity contribution in [2.75, 3.05) is 5.32 Å². The Balaban J connectivity index is 1.84. The maximum absolute atomic E-state index is 13.2. The molecule has 6 heteroatoms. The molecule has 104 valence electrons. The third kappa shape index (κ3) is 2.74. The topological polar surface area (TPSA) is 34.0 Å². The molecule has 0 saturated heterocycles. The third-order valence-corrected chi connectivity index (χ3v) is 3.98. The minimum atomic E-state index is -0.368. The fraction of sp³-hybridized carbons (Fsp3) is 0.214. The molecule has 1 aliphatic carbocycles. The fourth-order valence-corrected chi connectivity index (χ4v) is 2.64. The lowest BCUT2D eigenvalue weighted by Crippen LogP contribution is -2.16. The molecule has 3 nitrogen and oxygen atoms in total. The molecular weight excluding hydrogens is 347 g/mol. The van der Waals surface area contributed by atoms with Crippen LogP contribution in [0.15, 0.2) is 34.9 Å². The third-order valence-electron chi connectivity index (χ3n) is 3.17. The number of hydrogen-bond acceptors (Lipinski definition) is 1. The van der Waals surface area contributed by atoms with E-state index in [0.29, 0.717) is 26.9 Å². The number of hydrogen-bond donors (Lipinski definition) is 1. The largest absolute Gasteiger partial charge is 0.339 e. The van der Waals surface area contributed by atoms with Gasteiger partial charge in [0.1, 0.15) is 11.5 Å². The van der Waals surface area contributed by atoms with Gasteiger partial charge in [-0.05, 0) is 53.0 Å². The monoisotopic (exact) mass is 356 g/mol. The van der Waals surface area contributed by atoms with Crippen LogP contribution in [0.3, 0.4) is 0 Å². The number of nitrogens with one attached hydrogen (secondary N) is 1. The average molecular weight is 358 g/mol. The molecule has 20 heavy (non-hydrogen) atoms. The number of halogens is 3. The molecule has 0 atom stereocenters. The Kier molecular flexibility index (Phi) is 3.56. The molecule has 1 aliphatic rings. The van der Waals surface area contributed by atoms with E-state index in [0.717, 1.165) is 12.8 Å². The van der Waals surface area contributed by atoms with Crippen molar-refractivity contribution in [2.45, 2.75) is 18.9 Å². The van der Waals surface area contributed by atoms with Gasteiger partial charge in [0, 0.05) is 17.9 Å². The summed E-state index contributed by atoms with van der Waals surface area (Å²) in [7, 11) is 0. The van der Waals surface area contributed by atoms with Crippen molar-refractivity contribution < 1.29 is 9.18 Å². The van der Waals surface area contributed by atoms with Gasteiger partial charge < -0.3 is 9.88 Å². The van der Waals surface area contributed by atoms with Crippen LogP contribution in [0.1, 0.15) is 29.4 Å². The Morgan fingerprint density at radius 2 is 2.15 bits per heavy atom. The molecule has 1 amide bonds. The summed E-state index contributed by atoms with van der Waals surface area (Å²) >= 11 is 9.06. The predicted molar refractivity (Wildman–Crippen MR) is 79.8 cm³/mol. The smallest absolute Gasteiger partial charge is 0.272 e. The summed E-state index contributed by atoms with van der Waals surface area (Å²) in [5.41, 5.74) is 1.06. The summed E-state index contributed by atoms with van der Waals surface area (Å²) < 4.78 is 15.4. The van der Waals surface area contributed by atoms with Gasteiger partial charge in [-0.3, -0.25) is 4.79 Å². The van der Waals surface area contributed by atoms with Crippen LogP contribution in [0.25, 0.3) is 0 Å².